The van der Waals surface area contributed by atoms with Gasteiger partial charge in [-0.25, -0.2) is 8.42 Å². The minimum Gasteiger partial charge on any atom is -0.271 e. The third-order valence-electron chi connectivity index (χ3n) is 2.95. The Hall–Kier alpha value is -0.730. The van der Waals surface area contributed by atoms with Gasteiger partial charge in [-0.15, -0.1) is 11.3 Å². The number of sulfone groups is 1. The first kappa shape index (κ1) is 15.7. The quantitative estimate of drug-likeness (QED) is 0.623. The van der Waals surface area contributed by atoms with Crippen molar-refractivity contribution in [2.24, 2.45) is 5.84 Å². The number of hydrazine groups is 1. The van der Waals surface area contributed by atoms with Crippen LogP contribution in [-0.2, 0) is 16.3 Å². The molecular weight excluding hydrogens is 360 g/mol. The minimum atomic E-state index is -3.16. The van der Waals surface area contributed by atoms with Crippen molar-refractivity contribution < 1.29 is 8.42 Å². The summed E-state index contributed by atoms with van der Waals surface area (Å²) in [6, 6.07) is 10.8. The molecule has 0 aliphatic rings. The molecule has 3 N–H and O–H groups in total. The molecule has 108 valence electrons. The second-order valence-corrected chi connectivity index (χ2v) is 9.03. The largest absolute Gasteiger partial charge is 0.271 e. The molecule has 1 aromatic carbocycles. The van der Waals surface area contributed by atoms with E-state index in [0.29, 0.717) is 4.90 Å². The van der Waals surface area contributed by atoms with E-state index in [1.165, 1.54) is 11.1 Å². The maximum absolute atomic E-state index is 11.4. The Kier molecular flexibility index (Phi) is 4.98. The molecule has 7 heteroatoms. The Bertz CT molecular complexity index is 681. The number of thiophene rings is 1. The first-order valence-electron chi connectivity index (χ1n) is 5.90. The number of hydrogen-bond donors (Lipinski definition) is 2. The lowest BCUT2D eigenvalue weighted by Crippen LogP contribution is -2.29. The molecule has 0 saturated heterocycles. The van der Waals surface area contributed by atoms with Crippen molar-refractivity contribution in [3.63, 3.8) is 0 Å². The van der Waals surface area contributed by atoms with Crippen molar-refractivity contribution in [2.45, 2.75) is 17.4 Å². The van der Waals surface area contributed by atoms with Gasteiger partial charge in [-0.1, -0.05) is 12.1 Å². The number of halogens is 1. The van der Waals surface area contributed by atoms with Gasteiger partial charge in [0.15, 0.2) is 9.84 Å². The van der Waals surface area contributed by atoms with Crippen molar-refractivity contribution in [3.05, 3.63) is 50.6 Å². The fourth-order valence-corrected chi connectivity index (χ4v) is 4.04. The van der Waals surface area contributed by atoms with Crippen molar-refractivity contribution in [3.8, 4) is 0 Å². The SMILES string of the molecule is CS(=O)(=O)c1ccc(C(Cc2ccc(Br)s2)NN)cc1. The molecule has 0 aliphatic carbocycles. The summed E-state index contributed by atoms with van der Waals surface area (Å²) in [7, 11) is -3.16. The predicted octanol–water partition coefficient (Wildman–Crippen LogP) is 2.66. The molecule has 1 atom stereocenters. The van der Waals surface area contributed by atoms with E-state index in [1.807, 2.05) is 12.1 Å². The van der Waals surface area contributed by atoms with Crippen LogP contribution in [0.2, 0.25) is 0 Å². The molecule has 0 saturated carbocycles. The highest BCUT2D eigenvalue weighted by Gasteiger charge is 2.13. The van der Waals surface area contributed by atoms with Crippen LogP contribution in [0.1, 0.15) is 16.5 Å². The Morgan fingerprint density at radius 2 is 1.90 bits per heavy atom. The summed E-state index contributed by atoms with van der Waals surface area (Å²) < 4.78 is 23.9. The van der Waals surface area contributed by atoms with E-state index < -0.39 is 9.84 Å². The number of benzene rings is 1. The van der Waals surface area contributed by atoms with Gasteiger partial charge in [0.1, 0.15) is 0 Å². The van der Waals surface area contributed by atoms with E-state index in [-0.39, 0.29) is 6.04 Å². The topological polar surface area (TPSA) is 72.2 Å². The van der Waals surface area contributed by atoms with Crippen LogP contribution in [0.3, 0.4) is 0 Å². The maximum Gasteiger partial charge on any atom is 0.175 e. The highest BCUT2D eigenvalue weighted by Crippen LogP contribution is 2.27. The number of nitrogens with two attached hydrogens (primary N) is 1. The number of hydrogen-bond acceptors (Lipinski definition) is 5. The lowest BCUT2D eigenvalue weighted by molar-refractivity contribution is 0.555. The first-order chi connectivity index (χ1) is 9.40. The Morgan fingerprint density at radius 3 is 2.35 bits per heavy atom. The summed E-state index contributed by atoms with van der Waals surface area (Å²) >= 11 is 5.09. The van der Waals surface area contributed by atoms with Crippen LogP contribution in [0, 0.1) is 0 Å². The van der Waals surface area contributed by atoms with E-state index in [1.54, 1.807) is 35.6 Å². The lowest BCUT2D eigenvalue weighted by atomic mass is 10.0. The second kappa shape index (κ2) is 6.36. The first-order valence-corrected chi connectivity index (χ1v) is 9.40. The summed E-state index contributed by atoms with van der Waals surface area (Å²) in [5.74, 6) is 5.61. The molecule has 0 bridgehead atoms. The second-order valence-electron chi connectivity index (χ2n) is 4.47. The van der Waals surface area contributed by atoms with Gasteiger partial charge in [0.2, 0.25) is 0 Å². The summed E-state index contributed by atoms with van der Waals surface area (Å²) in [6.07, 6.45) is 1.95. The molecule has 0 spiro atoms. The molecule has 0 aliphatic heterocycles. The molecular formula is C13H15BrN2O2S2. The molecule has 1 heterocycles. The Balaban J connectivity index is 2.19. The van der Waals surface area contributed by atoms with E-state index in [2.05, 4.69) is 21.4 Å². The molecule has 20 heavy (non-hydrogen) atoms. The van der Waals surface area contributed by atoms with Crippen LogP contribution < -0.4 is 11.3 Å². The predicted molar refractivity (Wildman–Crippen MR) is 85.3 cm³/mol. The van der Waals surface area contributed by atoms with Gasteiger partial charge in [0.05, 0.1) is 14.7 Å². The average molecular weight is 375 g/mol. The molecule has 0 amide bonds. The molecule has 0 radical (unpaired) electrons. The van der Waals surface area contributed by atoms with Gasteiger partial charge in [0.25, 0.3) is 0 Å². The van der Waals surface area contributed by atoms with Gasteiger partial charge < -0.3 is 0 Å². The van der Waals surface area contributed by atoms with Crippen LogP contribution in [0.4, 0.5) is 0 Å². The zero-order valence-electron chi connectivity index (χ0n) is 10.8. The van der Waals surface area contributed by atoms with E-state index in [0.717, 1.165) is 15.8 Å². The van der Waals surface area contributed by atoms with Crippen molar-refractivity contribution in [1.29, 1.82) is 0 Å². The molecule has 1 unspecified atom stereocenters. The van der Waals surface area contributed by atoms with Crippen LogP contribution in [0.25, 0.3) is 0 Å². The fourth-order valence-electron chi connectivity index (χ4n) is 1.88. The fraction of sp³-hybridized carbons (Fsp3) is 0.231. The summed E-state index contributed by atoms with van der Waals surface area (Å²) in [5, 5.41) is 0. The number of nitrogens with one attached hydrogen (secondary N) is 1. The van der Waals surface area contributed by atoms with Crippen molar-refractivity contribution in [2.75, 3.05) is 6.26 Å². The van der Waals surface area contributed by atoms with E-state index in [9.17, 15) is 8.42 Å². The molecule has 2 rings (SSSR count). The molecule has 1 aromatic heterocycles. The lowest BCUT2D eigenvalue weighted by Gasteiger charge is -2.15. The van der Waals surface area contributed by atoms with Crippen LogP contribution in [0.15, 0.2) is 45.1 Å². The van der Waals surface area contributed by atoms with E-state index in [4.69, 9.17) is 5.84 Å². The monoisotopic (exact) mass is 374 g/mol. The Labute approximate surface area is 131 Å². The van der Waals surface area contributed by atoms with Gasteiger partial charge in [-0.3, -0.25) is 11.3 Å². The summed E-state index contributed by atoms with van der Waals surface area (Å²) in [5.41, 5.74) is 3.74. The van der Waals surface area contributed by atoms with Crippen molar-refractivity contribution in [1.82, 2.24) is 5.43 Å². The standard InChI is InChI=1S/C13H15BrN2O2S2/c1-20(17,18)11-5-2-9(3-6-11)12(16-15)8-10-4-7-13(14)19-10/h2-7,12,16H,8,15H2,1H3. The zero-order valence-corrected chi connectivity index (χ0v) is 14.1. The highest BCUT2D eigenvalue weighted by molar-refractivity contribution is 9.11. The maximum atomic E-state index is 11.4. The summed E-state index contributed by atoms with van der Waals surface area (Å²) in [6.45, 7) is 0. The van der Waals surface area contributed by atoms with Gasteiger partial charge >= 0.3 is 0 Å². The molecule has 2 aromatic rings. The third-order valence-corrected chi connectivity index (χ3v) is 5.72. The average Bonchev–Trinajstić information content (AvgIpc) is 2.81. The van der Waals surface area contributed by atoms with Gasteiger partial charge in [-0.05, 0) is 45.8 Å². The molecule has 4 nitrogen and oxygen atoms in total. The van der Waals surface area contributed by atoms with Crippen LogP contribution >= 0.6 is 27.3 Å². The normalized spacial score (nSPS) is 13.3. The van der Waals surface area contributed by atoms with Crippen molar-refractivity contribution >= 4 is 37.1 Å². The smallest absolute Gasteiger partial charge is 0.175 e. The van der Waals surface area contributed by atoms with Gasteiger partial charge in [0, 0.05) is 17.6 Å². The minimum absolute atomic E-state index is 0.0471. The Morgan fingerprint density at radius 1 is 1.25 bits per heavy atom. The zero-order chi connectivity index (χ0) is 14.8. The summed E-state index contributed by atoms with van der Waals surface area (Å²) in [4.78, 5) is 1.52. The van der Waals surface area contributed by atoms with Crippen LogP contribution in [0.5, 0.6) is 0 Å². The highest BCUT2D eigenvalue weighted by atomic mass is 79.9. The van der Waals surface area contributed by atoms with Gasteiger partial charge in [-0.2, -0.15) is 0 Å². The van der Waals surface area contributed by atoms with Crippen LogP contribution in [-0.4, -0.2) is 14.7 Å². The molecule has 0 fully saturated rings. The van der Waals surface area contributed by atoms with E-state index >= 15 is 0 Å². The number of rotatable bonds is 5. The third kappa shape index (κ3) is 3.89.